The third-order valence-electron chi connectivity index (χ3n) is 2.14. The second-order valence-electron chi connectivity index (χ2n) is 3.78. The molecule has 0 aliphatic heterocycles. The van der Waals surface area contributed by atoms with Crippen LogP contribution in [0.25, 0.3) is 0 Å². The van der Waals surface area contributed by atoms with Crippen molar-refractivity contribution in [1.82, 2.24) is 5.32 Å². The second-order valence-corrected chi connectivity index (χ2v) is 5.31. The molecule has 0 saturated carbocycles. The SMILES string of the molecule is COCC(Cl)CNC(=O)c1cc(C)cc(Br)c1. The normalized spacial score (nSPS) is 12.2. The Morgan fingerprint density at radius 1 is 1.53 bits per heavy atom. The molecule has 1 amide bonds. The van der Waals surface area contributed by atoms with Gasteiger partial charge in [-0.3, -0.25) is 4.79 Å². The van der Waals surface area contributed by atoms with Crippen LogP contribution >= 0.6 is 27.5 Å². The summed E-state index contributed by atoms with van der Waals surface area (Å²) in [6.45, 7) is 2.75. The van der Waals surface area contributed by atoms with Crippen molar-refractivity contribution in [2.24, 2.45) is 0 Å². The van der Waals surface area contributed by atoms with Crippen molar-refractivity contribution in [3.63, 3.8) is 0 Å². The number of halogens is 2. The van der Waals surface area contributed by atoms with Gasteiger partial charge in [-0.1, -0.05) is 15.9 Å². The van der Waals surface area contributed by atoms with Gasteiger partial charge in [-0.15, -0.1) is 11.6 Å². The van der Waals surface area contributed by atoms with Crippen LogP contribution in [0.2, 0.25) is 0 Å². The smallest absolute Gasteiger partial charge is 0.251 e. The van der Waals surface area contributed by atoms with Crippen molar-refractivity contribution in [3.05, 3.63) is 33.8 Å². The lowest BCUT2D eigenvalue weighted by Gasteiger charge is -2.10. The van der Waals surface area contributed by atoms with Crippen LogP contribution in [-0.4, -0.2) is 31.5 Å². The van der Waals surface area contributed by atoms with Crippen LogP contribution in [0.5, 0.6) is 0 Å². The molecule has 17 heavy (non-hydrogen) atoms. The number of carbonyl (C=O) groups is 1. The zero-order valence-corrected chi connectivity index (χ0v) is 12.1. The number of amides is 1. The number of hydrogen-bond acceptors (Lipinski definition) is 2. The van der Waals surface area contributed by atoms with E-state index in [9.17, 15) is 4.79 Å². The molecule has 1 rings (SSSR count). The number of rotatable bonds is 5. The third-order valence-corrected chi connectivity index (χ3v) is 2.87. The molecule has 0 aromatic heterocycles. The molecular formula is C12H15BrClNO2. The molecule has 0 bridgehead atoms. The number of aryl methyl sites for hydroxylation is 1. The maximum Gasteiger partial charge on any atom is 0.251 e. The van der Waals surface area contributed by atoms with Crippen molar-refractivity contribution in [2.75, 3.05) is 20.3 Å². The highest BCUT2D eigenvalue weighted by molar-refractivity contribution is 9.10. The van der Waals surface area contributed by atoms with Gasteiger partial charge in [0, 0.05) is 23.7 Å². The topological polar surface area (TPSA) is 38.3 Å². The Bertz CT molecular complexity index is 378. The fraction of sp³-hybridized carbons (Fsp3) is 0.417. The first kappa shape index (κ1) is 14.5. The number of alkyl halides is 1. The summed E-state index contributed by atoms with van der Waals surface area (Å²) in [6, 6.07) is 5.56. The molecular weight excluding hydrogens is 305 g/mol. The zero-order valence-electron chi connectivity index (χ0n) is 9.80. The van der Waals surface area contributed by atoms with Crippen LogP contribution in [0, 0.1) is 6.92 Å². The van der Waals surface area contributed by atoms with Gasteiger partial charge in [0.05, 0.1) is 12.0 Å². The first-order valence-electron chi connectivity index (χ1n) is 5.21. The summed E-state index contributed by atoms with van der Waals surface area (Å²) in [4.78, 5) is 11.8. The van der Waals surface area contributed by atoms with E-state index in [-0.39, 0.29) is 11.3 Å². The monoisotopic (exact) mass is 319 g/mol. The van der Waals surface area contributed by atoms with Gasteiger partial charge < -0.3 is 10.1 Å². The summed E-state index contributed by atoms with van der Waals surface area (Å²) in [7, 11) is 1.58. The molecule has 1 unspecified atom stereocenters. The average Bonchev–Trinajstić information content (AvgIpc) is 2.25. The minimum atomic E-state index is -0.211. The maximum absolute atomic E-state index is 11.8. The highest BCUT2D eigenvalue weighted by atomic mass is 79.9. The summed E-state index contributed by atoms with van der Waals surface area (Å²) in [5.74, 6) is -0.129. The lowest BCUT2D eigenvalue weighted by Crippen LogP contribution is -2.31. The summed E-state index contributed by atoms with van der Waals surface area (Å²) in [5.41, 5.74) is 1.65. The Balaban J connectivity index is 2.58. The molecule has 5 heteroatoms. The second kappa shape index (κ2) is 6.99. The number of nitrogens with one attached hydrogen (secondary N) is 1. The molecule has 3 nitrogen and oxygen atoms in total. The number of carbonyl (C=O) groups excluding carboxylic acids is 1. The molecule has 0 saturated heterocycles. The Morgan fingerprint density at radius 3 is 2.82 bits per heavy atom. The Hall–Kier alpha value is -0.580. The van der Waals surface area contributed by atoms with Gasteiger partial charge in [-0.05, 0) is 30.7 Å². The minimum Gasteiger partial charge on any atom is -0.383 e. The minimum absolute atomic E-state index is 0.129. The fourth-order valence-electron chi connectivity index (χ4n) is 1.41. The van der Waals surface area contributed by atoms with Gasteiger partial charge >= 0.3 is 0 Å². The quantitative estimate of drug-likeness (QED) is 0.847. The summed E-state index contributed by atoms with van der Waals surface area (Å²) < 4.78 is 5.78. The molecule has 1 aromatic carbocycles. The number of methoxy groups -OCH3 is 1. The van der Waals surface area contributed by atoms with E-state index in [1.807, 2.05) is 19.1 Å². The standard InChI is InChI=1S/C12H15BrClNO2/c1-8-3-9(5-10(13)4-8)12(16)15-6-11(14)7-17-2/h3-5,11H,6-7H2,1-2H3,(H,15,16). The van der Waals surface area contributed by atoms with Crippen LogP contribution in [0.3, 0.4) is 0 Å². The Labute approximate surface area is 115 Å². The number of hydrogen-bond donors (Lipinski definition) is 1. The molecule has 1 N–H and O–H groups in total. The van der Waals surface area contributed by atoms with Gasteiger partial charge in [0.25, 0.3) is 5.91 Å². The lowest BCUT2D eigenvalue weighted by molar-refractivity contribution is 0.0949. The maximum atomic E-state index is 11.8. The van der Waals surface area contributed by atoms with Gasteiger partial charge in [0.15, 0.2) is 0 Å². The van der Waals surface area contributed by atoms with E-state index in [4.69, 9.17) is 16.3 Å². The van der Waals surface area contributed by atoms with E-state index in [0.29, 0.717) is 18.7 Å². The molecule has 0 heterocycles. The molecule has 0 fully saturated rings. The lowest BCUT2D eigenvalue weighted by atomic mass is 10.1. The largest absolute Gasteiger partial charge is 0.383 e. The highest BCUT2D eigenvalue weighted by Gasteiger charge is 2.09. The van der Waals surface area contributed by atoms with E-state index in [1.165, 1.54) is 0 Å². The van der Waals surface area contributed by atoms with Crippen LogP contribution in [0.4, 0.5) is 0 Å². The Morgan fingerprint density at radius 2 is 2.24 bits per heavy atom. The van der Waals surface area contributed by atoms with Crippen LogP contribution in [0.1, 0.15) is 15.9 Å². The van der Waals surface area contributed by atoms with Gasteiger partial charge in [-0.25, -0.2) is 0 Å². The molecule has 0 aliphatic rings. The van der Waals surface area contributed by atoms with Crippen molar-refractivity contribution >= 4 is 33.4 Å². The van der Waals surface area contributed by atoms with Crippen LogP contribution in [-0.2, 0) is 4.74 Å². The predicted molar refractivity (Wildman–Crippen MR) is 72.7 cm³/mol. The summed E-state index contributed by atoms with van der Waals surface area (Å²) >= 11 is 9.29. The van der Waals surface area contributed by atoms with E-state index in [2.05, 4.69) is 21.2 Å². The van der Waals surface area contributed by atoms with Gasteiger partial charge in [0.2, 0.25) is 0 Å². The van der Waals surface area contributed by atoms with Crippen LogP contribution in [0.15, 0.2) is 22.7 Å². The van der Waals surface area contributed by atoms with Gasteiger partial charge in [0.1, 0.15) is 0 Å². The fourth-order valence-corrected chi connectivity index (χ4v) is 2.22. The molecule has 0 spiro atoms. The predicted octanol–water partition coefficient (Wildman–Crippen LogP) is 2.74. The highest BCUT2D eigenvalue weighted by Crippen LogP contribution is 2.15. The van der Waals surface area contributed by atoms with Crippen LogP contribution < -0.4 is 5.32 Å². The summed E-state index contributed by atoms with van der Waals surface area (Å²) in [6.07, 6.45) is 0. The van der Waals surface area contributed by atoms with Gasteiger partial charge in [-0.2, -0.15) is 0 Å². The number of ether oxygens (including phenoxy) is 1. The van der Waals surface area contributed by atoms with Crippen molar-refractivity contribution < 1.29 is 9.53 Å². The molecule has 1 atom stereocenters. The zero-order chi connectivity index (χ0) is 12.8. The molecule has 0 radical (unpaired) electrons. The van der Waals surface area contributed by atoms with E-state index in [0.717, 1.165) is 10.0 Å². The van der Waals surface area contributed by atoms with E-state index < -0.39 is 0 Å². The third kappa shape index (κ3) is 5.06. The van der Waals surface area contributed by atoms with Crippen molar-refractivity contribution in [1.29, 1.82) is 0 Å². The van der Waals surface area contributed by atoms with Crippen molar-refractivity contribution in [2.45, 2.75) is 12.3 Å². The molecule has 0 aliphatic carbocycles. The first-order chi connectivity index (χ1) is 8.02. The Kier molecular flexibility index (Phi) is 5.95. The van der Waals surface area contributed by atoms with E-state index >= 15 is 0 Å². The summed E-state index contributed by atoms with van der Waals surface area (Å²) in [5, 5.41) is 2.56. The van der Waals surface area contributed by atoms with E-state index in [1.54, 1.807) is 13.2 Å². The van der Waals surface area contributed by atoms with Crippen molar-refractivity contribution in [3.8, 4) is 0 Å². The molecule has 1 aromatic rings. The number of benzene rings is 1. The first-order valence-corrected chi connectivity index (χ1v) is 6.44. The molecule has 94 valence electrons. The average molecular weight is 321 g/mol.